The molecular weight excluding hydrogens is 380 g/mol. The van der Waals surface area contributed by atoms with Crippen LogP contribution in [-0.4, -0.2) is 29.0 Å². The molecule has 1 fully saturated rings. The van der Waals surface area contributed by atoms with Crippen molar-refractivity contribution in [3.63, 3.8) is 0 Å². The second-order valence-electron chi connectivity index (χ2n) is 7.40. The van der Waals surface area contributed by atoms with Gasteiger partial charge in [0.15, 0.2) is 11.5 Å². The number of rotatable bonds is 8. The molecule has 1 saturated heterocycles. The van der Waals surface area contributed by atoms with E-state index in [1.54, 1.807) is 0 Å². The van der Waals surface area contributed by atoms with Crippen molar-refractivity contribution >= 4 is 0 Å². The van der Waals surface area contributed by atoms with Crippen LogP contribution in [0.5, 0.6) is 11.5 Å². The van der Waals surface area contributed by atoms with Crippen LogP contribution in [0.3, 0.4) is 0 Å². The van der Waals surface area contributed by atoms with Crippen molar-refractivity contribution in [3.05, 3.63) is 95.6 Å². The zero-order valence-corrected chi connectivity index (χ0v) is 16.7. The SMILES string of the molecule is OC[C@H]1O[C@@H](c2ccc(OCc3ccccc3)c(OCc3ccccc3)c2)C[C@@H]1O. The van der Waals surface area contributed by atoms with Gasteiger partial charge < -0.3 is 24.4 Å². The van der Waals surface area contributed by atoms with Crippen LogP contribution in [0, 0.1) is 0 Å². The van der Waals surface area contributed by atoms with Crippen LogP contribution in [0.25, 0.3) is 0 Å². The van der Waals surface area contributed by atoms with E-state index in [4.69, 9.17) is 14.2 Å². The molecule has 0 spiro atoms. The number of ether oxygens (including phenoxy) is 3. The summed E-state index contributed by atoms with van der Waals surface area (Å²) in [5, 5.41) is 19.4. The minimum Gasteiger partial charge on any atom is -0.485 e. The van der Waals surface area contributed by atoms with E-state index in [1.807, 2.05) is 78.9 Å². The highest BCUT2D eigenvalue weighted by Crippen LogP contribution is 2.38. The van der Waals surface area contributed by atoms with Gasteiger partial charge in [0.25, 0.3) is 0 Å². The average molecular weight is 406 g/mol. The zero-order chi connectivity index (χ0) is 20.8. The second-order valence-corrected chi connectivity index (χ2v) is 7.40. The molecule has 0 saturated carbocycles. The van der Waals surface area contributed by atoms with Crippen LogP contribution in [0.1, 0.15) is 29.2 Å². The predicted molar refractivity (Wildman–Crippen MR) is 113 cm³/mol. The van der Waals surface area contributed by atoms with E-state index < -0.39 is 12.2 Å². The summed E-state index contributed by atoms with van der Waals surface area (Å²) in [4.78, 5) is 0. The molecule has 30 heavy (non-hydrogen) atoms. The molecule has 5 heteroatoms. The predicted octanol–water partition coefficient (Wildman–Crippen LogP) is 4.03. The van der Waals surface area contributed by atoms with Gasteiger partial charge in [-0.15, -0.1) is 0 Å². The van der Waals surface area contributed by atoms with Gasteiger partial charge in [-0.1, -0.05) is 66.7 Å². The highest BCUT2D eigenvalue weighted by atomic mass is 16.5. The Bertz CT molecular complexity index is 929. The normalized spacial score (nSPS) is 20.8. The molecule has 1 aliphatic rings. The van der Waals surface area contributed by atoms with Crippen molar-refractivity contribution in [1.82, 2.24) is 0 Å². The van der Waals surface area contributed by atoms with Gasteiger partial charge in [0.1, 0.15) is 19.3 Å². The summed E-state index contributed by atoms with van der Waals surface area (Å²) in [5.41, 5.74) is 3.02. The molecular formula is C25H26O5. The van der Waals surface area contributed by atoms with Crippen LogP contribution in [-0.2, 0) is 18.0 Å². The van der Waals surface area contributed by atoms with E-state index in [0.717, 1.165) is 16.7 Å². The van der Waals surface area contributed by atoms with Gasteiger partial charge in [-0.05, 0) is 28.8 Å². The molecule has 3 aromatic carbocycles. The Morgan fingerprint density at radius 1 is 0.800 bits per heavy atom. The van der Waals surface area contributed by atoms with E-state index in [-0.39, 0.29) is 12.7 Å². The largest absolute Gasteiger partial charge is 0.485 e. The molecule has 0 aromatic heterocycles. The monoisotopic (exact) mass is 406 g/mol. The van der Waals surface area contributed by atoms with Crippen molar-refractivity contribution in [2.24, 2.45) is 0 Å². The molecule has 1 heterocycles. The first kappa shape index (κ1) is 20.4. The fourth-order valence-corrected chi connectivity index (χ4v) is 3.54. The Kier molecular flexibility index (Phi) is 6.64. The summed E-state index contributed by atoms with van der Waals surface area (Å²) in [6.45, 7) is 0.653. The Morgan fingerprint density at radius 2 is 1.40 bits per heavy atom. The molecule has 0 unspecified atom stereocenters. The fourth-order valence-electron chi connectivity index (χ4n) is 3.54. The highest BCUT2D eigenvalue weighted by molar-refractivity contribution is 5.44. The van der Waals surface area contributed by atoms with Crippen molar-refractivity contribution in [3.8, 4) is 11.5 Å². The van der Waals surface area contributed by atoms with Crippen molar-refractivity contribution in [1.29, 1.82) is 0 Å². The molecule has 0 amide bonds. The Labute approximate surface area is 176 Å². The molecule has 3 aromatic rings. The summed E-state index contributed by atoms with van der Waals surface area (Å²) < 4.78 is 17.9. The van der Waals surface area contributed by atoms with Crippen molar-refractivity contribution in [2.75, 3.05) is 6.61 Å². The smallest absolute Gasteiger partial charge is 0.162 e. The zero-order valence-electron chi connectivity index (χ0n) is 16.7. The molecule has 0 radical (unpaired) electrons. The summed E-state index contributed by atoms with van der Waals surface area (Å²) in [7, 11) is 0. The quantitative estimate of drug-likeness (QED) is 0.591. The maximum atomic E-state index is 10.1. The molecule has 3 atom stereocenters. The minimum atomic E-state index is -0.678. The fraction of sp³-hybridized carbons (Fsp3) is 0.280. The number of aliphatic hydroxyl groups is 2. The third kappa shape index (κ3) is 5.00. The van der Waals surface area contributed by atoms with Crippen LogP contribution in [0.2, 0.25) is 0 Å². The van der Waals surface area contributed by atoms with Gasteiger partial charge in [-0.2, -0.15) is 0 Å². The molecule has 0 bridgehead atoms. The van der Waals surface area contributed by atoms with Crippen molar-refractivity contribution in [2.45, 2.75) is 37.9 Å². The lowest BCUT2D eigenvalue weighted by Crippen LogP contribution is -2.24. The first-order valence-electron chi connectivity index (χ1n) is 10.1. The van der Waals surface area contributed by atoms with Gasteiger partial charge in [0.05, 0.1) is 18.8 Å². The van der Waals surface area contributed by atoms with E-state index >= 15 is 0 Å². The average Bonchev–Trinajstić information content (AvgIpc) is 3.18. The molecule has 0 aliphatic carbocycles. The lowest BCUT2D eigenvalue weighted by atomic mass is 10.0. The lowest BCUT2D eigenvalue weighted by Gasteiger charge is -2.17. The summed E-state index contributed by atoms with van der Waals surface area (Å²) in [6, 6.07) is 25.6. The first-order valence-corrected chi connectivity index (χ1v) is 10.1. The summed E-state index contributed by atoms with van der Waals surface area (Å²) >= 11 is 0. The van der Waals surface area contributed by atoms with Gasteiger partial charge in [-0.25, -0.2) is 0 Å². The van der Waals surface area contributed by atoms with Gasteiger partial charge in [0.2, 0.25) is 0 Å². The first-order chi connectivity index (χ1) is 14.7. The third-order valence-electron chi connectivity index (χ3n) is 5.22. The minimum absolute atomic E-state index is 0.201. The highest BCUT2D eigenvalue weighted by Gasteiger charge is 2.34. The molecule has 156 valence electrons. The third-order valence-corrected chi connectivity index (χ3v) is 5.22. The standard InChI is InChI=1S/C25H26O5/c26-15-25-21(27)14-23(30-25)20-11-12-22(28-16-18-7-3-1-4-8-18)24(13-20)29-17-19-9-5-2-6-10-19/h1-13,21,23,25-27H,14-17H2/t21-,23+,25+/m0/s1. The van der Waals surface area contributed by atoms with Crippen LogP contribution >= 0.6 is 0 Å². The number of benzene rings is 3. The van der Waals surface area contributed by atoms with Gasteiger partial charge >= 0.3 is 0 Å². The number of aliphatic hydroxyl groups excluding tert-OH is 2. The Hall–Kier alpha value is -2.86. The molecule has 1 aliphatic heterocycles. The maximum absolute atomic E-state index is 10.1. The maximum Gasteiger partial charge on any atom is 0.162 e. The second kappa shape index (κ2) is 9.76. The van der Waals surface area contributed by atoms with Crippen LogP contribution in [0.4, 0.5) is 0 Å². The number of hydrogen-bond donors (Lipinski definition) is 2. The molecule has 2 N–H and O–H groups in total. The van der Waals surface area contributed by atoms with Gasteiger partial charge in [0, 0.05) is 6.42 Å². The topological polar surface area (TPSA) is 68.2 Å². The van der Waals surface area contributed by atoms with E-state index in [2.05, 4.69) is 0 Å². The van der Waals surface area contributed by atoms with E-state index in [0.29, 0.717) is 31.1 Å². The molecule has 4 rings (SSSR count). The van der Waals surface area contributed by atoms with E-state index in [1.165, 1.54) is 0 Å². The Morgan fingerprint density at radius 3 is 1.97 bits per heavy atom. The van der Waals surface area contributed by atoms with Crippen molar-refractivity contribution < 1.29 is 24.4 Å². The van der Waals surface area contributed by atoms with E-state index in [9.17, 15) is 10.2 Å². The van der Waals surface area contributed by atoms with Crippen LogP contribution < -0.4 is 9.47 Å². The van der Waals surface area contributed by atoms with Crippen LogP contribution in [0.15, 0.2) is 78.9 Å². The summed E-state index contributed by atoms with van der Waals surface area (Å²) in [6.07, 6.45) is -1.09. The molecule has 5 nitrogen and oxygen atoms in total. The Balaban J connectivity index is 1.53. The lowest BCUT2D eigenvalue weighted by molar-refractivity contribution is -0.0226. The van der Waals surface area contributed by atoms with Gasteiger partial charge in [-0.3, -0.25) is 0 Å². The number of hydrogen-bond acceptors (Lipinski definition) is 5. The summed E-state index contributed by atoms with van der Waals surface area (Å²) in [5.74, 6) is 1.27.